The van der Waals surface area contributed by atoms with E-state index in [0.29, 0.717) is 6.61 Å². The van der Waals surface area contributed by atoms with E-state index >= 15 is 0 Å². The van der Waals surface area contributed by atoms with E-state index in [4.69, 9.17) is 0 Å². The number of carbonyl (C=O) groups is 1. The van der Waals surface area contributed by atoms with Gasteiger partial charge >= 0.3 is 5.71 Å². The van der Waals surface area contributed by atoms with E-state index in [1.807, 2.05) is 0 Å². The minimum Gasteiger partial charge on any atom is -0.458 e. The average Bonchev–Trinajstić information content (AvgIpc) is 1.67. The van der Waals surface area contributed by atoms with Gasteiger partial charge < -0.3 is 4.74 Å². The minimum atomic E-state index is -1.78. The minimum absolute atomic E-state index is 0.299. The van der Waals surface area contributed by atoms with Crippen LogP contribution in [0.5, 0.6) is 0 Å². The van der Waals surface area contributed by atoms with E-state index in [1.54, 1.807) is 6.92 Å². The summed E-state index contributed by atoms with van der Waals surface area (Å²) in [6.07, 6.45) is 0. The highest BCUT2D eigenvalue weighted by Crippen LogP contribution is 2.16. The largest absolute Gasteiger partial charge is 0.458 e. The molecule has 1 unspecified atom stereocenters. The van der Waals surface area contributed by atoms with Gasteiger partial charge in [0.05, 0.1) is 6.61 Å². The van der Waals surface area contributed by atoms with Crippen molar-refractivity contribution in [3.63, 3.8) is 0 Å². The second-order valence-corrected chi connectivity index (χ2v) is 2.56. The summed E-state index contributed by atoms with van der Waals surface area (Å²) < 4.78 is 14.6. The molecule has 0 N–H and O–H groups in total. The summed E-state index contributed by atoms with van der Waals surface area (Å²) in [6, 6.07) is 0. The van der Waals surface area contributed by atoms with Crippen molar-refractivity contribution in [1.29, 1.82) is 0 Å². The fraction of sp³-hybridized carbons (Fsp3) is 0.750. The molecule has 0 heterocycles. The molecule has 4 heteroatoms. The van der Waals surface area contributed by atoms with Gasteiger partial charge in [0.2, 0.25) is 0 Å². The topological polar surface area (TPSA) is 43.4 Å². The van der Waals surface area contributed by atoms with Crippen molar-refractivity contribution in [3.8, 4) is 0 Å². The van der Waals surface area contributed by atoms with Crippen molar-refractivity contribution in [2.45, 2.75) is 6.92 Å². The van der Waals surface area contributed by atoms with Gasteiger partial charge in [0.25, 0.3) is 0 Å². The van der Waals surface area contributed by atoms with Crippen molar-refractivity contribution in [1.82, 2.24) is 0 Å². The first-order valence-corrected chi connectivity index (χ1v) is 3.96. The molecule has 47 valence electrons. The molecule has 0 saturated heterocycles. The fourth-order valence-electron chi connectivity index (χ4n) is 0.214. The molecule has 0 aromatic rings. The van der Waals surface area contributed by atoms with Gasteiger partial charge in [-0.1, -0.05) is 0 Å². The van der Waals surface area contributed by atoms with Gasteiger partial charge in [-0.3, -0.25) is 4.57 Å². The Morgan fingerprint density at radius 3 is 2.38 bits per heavy atom. The lowest BCUT2D eigenvalue weighted by Crippen LogP contribution is -1.93. The highest BCUT2D eigenvalue weighted by atomic mass is 31.1. The van der Waals surface area contributed by atoms with Crippen molar-refractivity contribution in [2.24, 2.45) is 0 Å². The third-order valence-electron chi connectivity index (χ3n) is 0.525. The lowest BCUT2D eigenvalue weighted by Gasteiger charge is -1.93. The molecule has 0 rings (SSSR count). The normalized spacial score (nSPS) is 10.5. The van der Waals surface area contributed by atoms with Crippen LogP contribution < -0.4 is 0 Å². The van der Waals surface area contributed by atoms with Gasteiger partial charge in [-0.2, -0.15) is 0 Å². The summed E-state index contributed by atoms with van der Waals surface area (Å²) in [5.41, 5.74) is -0.609. The van der Waals surface area contributed by atoms with Crippen molar-refractivity contribution in [3.05, 3.63) is 0 Å². The lowest BCUT2D eigenvalue weighted by molar-refractivity contribution is 0.179. The molecule has 0 amide bonds. The van der Waals surface area contributed by atoms with E-state index in [-0.39, 0.29) is 0 Å². The summed E-state index contributed by atoms with van der Waals surface area (Å²) in [5, 5.41) is 0. The smallest absolute Gasteiger partial charge is 0.386 e. The first kappa shape index (κ1) is 7.57. The molecule has 1 atom stereocenters. The first-order valence-electron chi connectivity index (χ1n) is 2.26. The second kappa shape index (κ2) is 3.56. The number of hydrogen-bond donors (Lipinski definition) is 0. The zero-order valence-electron chi connectivity index (χ0n) is 4.88. The Balaban J connectivity index is 3.49. The van der Waals surface area contributed by atoms with Crippen LogP contribution in [0.25, 0.3) is 0 Å². The van der Waals surface area contributed by atoms with Crippen LogP contribution in [0.3, 0.4) is 0 Å². The van der Waals surface area contributed by atoms with Crippen LogP contribution in [0.2, 0.25) is 0 Å². The van der Waals surface area contributed by atoms with E-state index in [1.165, 1.54) is 6.66 Å². The Bertz CT molecular complexity index is 110. The Labute approximate surface area is 48.8 Å². The van der Waals surface area contributed by atoms with Crippen molar-refractivity contribution in [2.75, 3.05) is 13.3 Å². The van der Waals surface area contributed by atoms with Crippen molar-refractivity contribution < 1.29 is 14.1 Å². The van der Waals surface area contributed by atoms with Gasteiger partial charge in [0, 0.05) is 6.66 Å². The molecule has 0 saturated carbocycles. The Morgan fingerprint density at radius 2 is 2.25 bits per heavy atom. The maximum atomic E-state index is 10.2. The predicted octanol–water partition coefficient (Wildman–Crippen LogP) is 1.60. The van der Waals surface area contributed by atoms with E-state index in [0.717, 1.165) is 0 Å². The average molecular weight is 135 g/mol. The summed E-state index contributed by atoms with van der Waals surface area (Å²) in [7, 11) is -1.78. The molecular formula is C4H8O3P. The molecule has 8 heavy (non-hydrogen) atoms. The highest BCUT2D eigenvalue weighted by molar-refractivity contribution is 7.62. The molecule has 0 aliphatic carbocycles. The summed E-state index contributed by atoms with van der Waals surface area (Å²) >= 11 is 0. The lowest BCUT2D eigenvalue weighted by atomic mass is 10.9. The molecule has 0 aliphatic heterocycles. The zero-order valence-corrected chi connectivity index (χ0v) is 5.77. The zero-order chi connectivity index (χ0) is 6.57. The summed E-state index contributed by atoms with van der Waals surface area (Å²) in [5.74, 6) is 0. The first-order chi connectivity index (χ1) is 3.68. The predicted molar refractivity (Wildman–Crippen MR) is 30.6 cm³/mol. The number of rotatable bonds is 2. The Kier molecular flexibility index (Phi) is 3.37. The maximum Gasteiger partial charge on any atom is 0.386 e. The van der Waals surface area contributed by atoms with Gasteiger partial charge in [-0.15, -0.1) is 0 Å². The molecule has 0 bridgehead atoms. The van der Waals surface area contributed by atoms with Crippen LogP contribution in [0.1, 0.15) is 6.92 Å². The summed E-state index contributed by atoms with van der Waals surface area (Å²) in [6.45, 7) is 3.30. The van der Waals surface area contributed by atoms with E-state index < -0.39 is 13.5 Å². The van der Waals surface area contributed by atoms with Crippen LogP contribution in [0, 0.1) is 0 Å². The molecule has 0 aromatic heterocycles. The number of carbonyl (C=O) groups excluding carboxylic acids is 1. The van der Waals surface area contributed by atoms with Gasteiger partial charge in [-0.25, -0.2) is 4.79 Å². The molecule has 1 radical (unpaired) electrons. The van der Waals surface area contributed by atoms with Crippen LogP contribution >= 0.6 is 7.80 Å². The molecule has 0 spiro atoms. The maximum absolute atomic E-state index is 10.2. The quantitative estimate of drug-likeness (QED) is 0.540. The standard InChI is InChI=1S/C4H8O3P/c1-3-7-4(5)8(2)6/h3H2,1-2H3. The second-order valence-electron chi connectivity index (χ2n) is 1.20. The van der Waals surface area contributed by atoms with Crippen LogP contribution in [0.4, 0.5) is 4.79 Å². The molecule has 3 nitrogen and oxygen atoms in total. The van der Waals surface area contributed by atoms with Crippen LogP contribution in [-0.4, -0.2) is 19.0 Å². The van der Waals surface area contributed by atoms with Gasteiger partial charge in [0.15, 0.2) is 7.80 Å². The fourth-order valence-corrected chi connectivity index (χ4v) is 0.525. The summed E-state index contributed by atoms with van der Waals surface area (Å²) in [4.78, 5) is 10.2. The van der Waals surface area contributed by atoms with Crippen molar-refractivity contribution >= 4 is 13.5 Å². The van der Waals surface area contributed by atoms with Gasteiger partial charge in [0.1, 0.15) is 0 Å². The molecular weight excluding hydrogens is 127 g/mol. The highest BCUT2D eigenvalue weighted by Gasteiger charge is 2.04. The third kappa shape index (κ3) is 2.69. The van der Waals surface area contributed by atoms with Crippen LogP contribution in [0.15, 0.2) is 0 Å². The van der Waals surface area contributed by atoms with Crippen LogP contribution in [-0.2, 0) is 9.30 Å². The SMILES string of the molecule is CCOC(=O)[P](C)=O. The Hall–Kier alpha value is -0.430. The molecule has 0 fully saturated rings. The number of hydrogen-bond acceptors (Lipinski definition) is 3. The number of ether oxygens (including phenoxy) is 1. The monoisotopic (exact) mass is 135 g/mol. The van der Waals surface area contributed by atoms with E-state index in [2.05, 4.69) is 4.74 Å². The Morgan fingerprint density at radius 1 is 1.75 bits per heavy atom. The van der Waals surface area contributed by atoms with E-state index in [9.17, 15) is 9.36 Å². The molecule has 0 aromatic carbocycles. The van der Waals surface area contributed by atoms with Gasteiger partial charge in [-0.05, 0) is 6.92 Å². The third-order valence-corrected chi connectivity index (χ3v) is 1.17. The molecule has 0 aliphatic rings.